The Bertz CT molecular complexity index is 989. The van der Waals surface area contributed by atoms with Gasteiger partial charge in [-0.2, -0.15) is 5.48 Å². The fourth-order valence-corrected chi connectivity index (χ4v) is 3.61. The number of carboxylic acid groups (broad SMARTS) is 1. The van der Waals surface area contributed by atoms with Crippen molar-refractivity contribution in [3.63, 3.8) is 0 Å². The second kappa shape index (κ2) is 9.06. The molecule has 156 valence electrons. The van der Waals surface area contributed by atoms with Gasteiger partial charge in [-0.25, -0.2) is 9.18 Å². The number of anilines is 2. The van der Waals surface area contributed by atoms with E-state index in [1.807, 2.05) is 0 Å². The van der Waals surface area contributed by atoms with Crippen LogP contribution in [0.2, 0.25) is 0 Å². The number of carboxylic acids is 1. The lowest BCUT2D eigenvalue weighted by molar-refractivity contribution is 0.0696. The van der Waals surface area contributed by atoms with Gasteiger partial charge in [0.1, 0.15) is 11.4 Å². The molecule has 4 rings (SSSR count). The summed E-state index contributed by atoms with van der Waals surface area (Å²) >= 11 is 3.17. The van der Waals surface area contributed by atoms with Crippen LogP contribution in [-0.4, -0.2) is 28.8 Å². The summed E-state index contributed by atoms with van der Waals surface area (Å²) in [5.41, 5.74) is 3.69. The average Bonchev–Trinajstić information content (AvgIpc) is 3.35. The molecular formula is C20H23BrFN3O4. The van der Waals surface area contributed by atoms with Crippen molar-refractivity contribution in [2.75, 3.05) is 12.4 Å². The number of fused-ring (bicyclic) bond motifs is 1. The maximum Gasteiger partial charge on any atom is 0.339 e. The van der Waals surface area contributed by atoms with Gasteiger partial charge in [-0.3, -0.25) is 4.79 Å². The molecule has 3 N–H and O–H groups in total. The summed E-state index contributed by atoms with van der Waals surface area (Å²) in [6.45, 7) is 2.07. The van der Waals surface area contributed by atoms with E-state index in [0.717, 1.165) is 6.42 Å². The van der Waals surface area contributed by atoms with Crippen LogP contribution >= 0.6 is 15.9 Å². The van der Waals surface area contributed by atoms with Crippen molar-refractivity contribution in [2.45, 2.75) is 45.2 Å². The summed E-state index contributed by atoms with van der Waals surface area (Å²) in [6.07, 6.45) is 3.82. The van der Waals surface area contributed by atoms with Crippen LogP contribution < -0.4 is 16.4 Å². The Morgan fingerprint density at radius 2 is 2.10 bits per heavy atom. The molecule has 0 saturated heterocycles. The van der Waals surface area contributed by atoms with E-state index >= 15 is 0 Å². The monoisotopic (exact) mass is 467 g/mol. The third-order valence-electron chi connectivity index (χ3n) is 4.87. The Labute approximate surface area is 176 Å². The number of aromatic carboxylic acids is 1. The van der Waals surface area contributed by atoms with Crippen molar-refractivity contribution in [1.82, 2.24) is 10.0 Å². The van der Waals surface area contributed by atoms with Crippen LogP contribution in [-0.2, 0) is 17.8 Å². The number of nitrogens with one attached hydrogen (secondary N) is 2. The Morgan fingerprint density at radius 3 is 2.66 bits per heavy atom. The topological polar surface area (TPSA) is 92.6 Å². The van der Waals surface area contributed by atoms with Gasteiger partial charge in [-0.1, -0.05) is 15.9 Å². The summed E-state index contributed by atoms with van der Waals surface area (Å²) in [4.78, 5) is 28.7. The first-order valence-corrected chi connectivity index (χ1v) is 10.1. The molecule has 1 aromatic heterocycles. The maximum atomic E-state index is 14.1. The molecule has 0 spiro atoms. The molecule has 7 nitrogen and oxygen atoms in total. The van der Waals surface area contributed by atoms with E-state index in [-0.39, 0.29) is 28.1 Å². The third-order valence-corrected chi connectivity index (χ3v) is 5.36. The third kappa shape index (κ3) is 4.85. The fraction of sp³-hybridized carbons (Fsp3) is 0.400. The zero-order chi connectivity index (χ0) is 21.1. The molecule has 0 radical (unpaired) electrons. The van der Waals surface area contributed by atoms with Crippen LogP contribution in [0.15, 0.2) is 27.5 Å². The van der Waals surface area contributed by atoms with E-state index in [0.29, 0.717) is 29.2 Å². The molecule has 2 aromatic rings. The van der Waals surface area contributed by atoms with E-state index in [9.17, 15) is 19.1 Å². The van der Waals surface area contributed by atoms with E-state index in [1.165, 1.54) is 29.5 Å². The summed E-state index contributed by atoms with van der Waals surface area (Å²) in [6, 6.07) is 5.09. The van der Waals surface area contributed by atoms with Crippen LogP contribution in [0, 0.1) is 12.7 Å². The molecule has 0 bridgehead atoms. The van der Waals surface area contributed by atoms with Crippen LogP contribution in [0.25, 0.3) is 0 Å². The van der Waals surface area contributed by atoms with Crippen LogP contribution in [0.1, 0.15) is 40.9 Å². The molecule has 0 amide bonds. The fourth-order valence-electron chi connectivity index (χ4n) is 3.28. The van der Waals surface area contributed by atoms with Crippen LogP contribution in [0.5, 0.6) is 0 Å². The van der Waals surface area contributed by atoms with Gasteiger partial charge in [0, 0.05) is 28.3 Å². The lowest BCUT2D eigenvalue weighted by atomic mass is 10.1. The van der Waals surface area contributed by atoms with Crippen molar-refractivity contribution in [2.24, 2.45) is 0 Å². The predicted molar refractivity (Wildman–Crippen MR) is 111 cm³/mol. The van der Waals surface area contributed by atoms with Gasteiger partial charge in [-0.05, 0) is 50.8 Å². The van der Waals surface area contributed by atoms with E-state index in [1.54, 1.807) is 20.1 Å². The van der Waals surface area contributed by atoms with Crippen molar-refractivity contribution in [1.29, 1.82) is 0 Å². The first kappa shape index (κ1) is 21.5. The molecule has 1 aliphatic heterocycles. The van der Waals surface area contributed by atoms with Crippen LogP contribution in [0.3, 0.4) is 0 Å². The lowest BCUT2D eigenvalue weighted by Gasteiger charge is -2.17. The molecule has 2 aliphatic rings. The smallest absolute Gasteiger partial charge is 0.339 e. The van der Waals surface area contributed by atoms with E-state index < -0.39 is 11.8 Å². The van der Waals surface area contributed by atoms with E-state index in [4.69, 9.17) is 0 Å². The minimum atomic E-state index is -1.13. The number of benzene rings is 1. The zero-order valence-electron chi connectivity index (χ0n) is 16.2. The minimum Gasteiger partial charge on any atom is -0.478 e. The minimum absolute atomic E-state index is 0.0434. The second-order valence-corrected chi connectivity index (χ2v) is 7.95. The standard InChI is InChI=1S/C16H14BrFN2O3.C4H9NO/c1-8-14(19-11-5-4-9(17)7-10(11)18)13(16(22)23)12-3-2-6-20(12)15(8)21;1-6-5-4-2-3-4/h4-5,7,19H,2-3,6H2,1H3,(H,22,23);4-5H,2-3H2,1H3. The summed E-state index contributed by atoms with van der Waals surface area (Å²) in [5.74, 6) is -1.66. The number of carbonyl (C=O) groups is 1. The Balaban J connectivity index is 0.000000343. The van der Waals surface area contributed by atoms with Gasteiger partial charge in [0.05, 0.1) is 18.5 Å². The highest BCUT2D eigenvalue weighted by Gasteiger charge is 2.27. The van der Waals surface area contributed by atoms with Gasteiger partial charge in [-0.15, -0.1) is 0 Å². The predicted octanol–water partition coefficient (Wildman–Crippen LogP) is 3.75. The van der Waals surface area contributed by atoms with Gasteiger partial charge < -0.3 is 19.8 Å². The number of halogens is 2. The average molecular weight is 468 g/mol. The molecule has 1 fully saturated rings. The summed E-state index contributed by atoms with van der Waals surface area (Å²) < 4.78 is 16.1. The Morgan fingerprint density at radius 1 is 1.38 bits per heavy atom. The highest BCUT2D eigenvalue weighted by molar-refractivity contribution is 9.10. The zero-order valence-corrected chi connectivity index (χ0v) is 17.8. The number of hydrogen-bond acceptors (Lipinski definition) is 5. The first-order chi connectivity index (χ1) is 13.8. The Kier molecular flexibility index (Phi) is 6.71. The molecule has 1 saturated carbocycles. The number of nitrogens with zero attached hydrogens (tertiary/aromatic N) is 1. The quantitative estimate of drug-likeness (QED) is 0.579. The molecule has 9 heteroatoms. The molecular weight excluding hydrogens is 445 g/mol. The van der Waals surface area contributed by atoms with Gasteiger partial charge >= 0.3 is 5.97 Å². The molecule has 2 heterocycles. The molecule has 0 atom stereocenters. The number of aromatic nitrogens is 1. The molecule has 1 aliphatic carbocycles. The SMILES string of the molecule is CONC1CC1.Cc1c(Nc2ccc(Br)cc2F)c(C(=O)O)c2n(c1=O)CCC2. The van der Waals surface area contributed by atoms with Crippen molar-refractivity contribution in [3.05, 3.63) is 55.7 Å². The van der Waals surface area contributed by atoms with Gasteiger partial charge in [0.15, 0.2) is 0 Å². The van der Waals surface area contributed by atoms with Gasteiger partial charge in [0.25, 0.3) is 5.56 Å². The lowest BCUT2D eigenvalue weighted by Crippen LogP contribution is -2.26. The first-order valence-electron chi connectivity index (χ1n) is 9.33. The summed E-state index contributed by atoms with van der Waals surface area (Å²) in [5, 5.41) is 12.4. The second-order valence-electron chi connectivity index (χ2n) is 7.03. The summed E-state index contributed by atoms with van der Waals surface area (Å²) in [7, 11) is 1.65. The van der Waals surface area contributed by atoms with Crippen LogP contribution in [0.4, 0.5) is 15.8 Å². The normalized spacial score (nSPS) is 14.8. The number of hydrogen-bond donors (Lipinski definition) is 3. The largest absolute Gasteiger partial charge is 0.478 e. The molecule has 1 aromatic carbocycles. The highest BCUT2D eigenvalue weighted by atomic mass is 79.9. The number of rotatable bonds is 5. The Hall–Kier alpha value is -2.23. The van der Waals surface area contributed by atoms with Gasteiger partial charge in [0.2, 0.25) is 0 Å². The van der Waals surface area contributed by atoms with Crippen molar-refractivity contribution in [3.8, 4) is 0 Å². The van der Waals surface area contributed by atoms with Crippen molar-refractivity contribution < 1.29 is 19.1 Å². The molecule has 29 heavy (non-hydrogen) atoms. The molecule has 0 unspecified atom stereocenters. The van der Waals surface area contributed by atoms with E-state index in [2.05, 4.69) is 31.6 Å². The number of pyridine rings is 1. The maximum absolute atomic E-state index is 14.1. The number of hydroxylamine groups is 1. The van der Waals surface area contributed by atoms with Crippen molar-refractivity contribution >= 4 is 33.3 Å². The highest BCUT2D eigenvalue weighted by Crippen LogP contribution is 2.31.